The third-order valence-electron chi connectivity index (χ3n) is 3.43. The average Bonchev–Trinajstić information content (AvgIpc) is 2.60. The van der Waals surface area contributed by atoms with Crippen LogP contribution in [0.25, 0.3) is 0 Å². The zero-order chi connectivity index (χ0) is 14.7. The van der Waals surface area contributed by atoms with Gasteiger partial charge < -0.3 is 4.74 Å². The second-order valence-corrected chi connectivity index (χ2v) is 6.77. The summed E-state index contributed by atoms with van der Waals surface area (Å²) >= 11 is 0. The molecule has 0 saturated carbocycles. The zero-order valence-electron chi connectivity index (χ0n) is 12.7. The fourth-order valence-electron chi connectivity index (χ4n) is 1.77. The molecule has 2 amide bonds. The van der Waals surface area contributed by atoms with Gasteiger partial charge in [-0.1, -0.05) is 34.6 Å². The number of ether oxygens (including phenoxy) is 1. The normalized spacial score (nSPS) is 16.6. The largest absolute Gasteiger partial charge is 0.380 e. The fourth-order valence-corrected chi connectivity index (χ4v) is 1.77. The van der Waals surface area contributed by atoms with Crippen LogP contribution in [0, 0.1) is 10.8 Å². The molecule has 0 aromatic carbocycles. The van der Waals surface area contributed by atoms with Gasteiger partial charge in [-0.25, -0.2) is 0 Å². The predicted octanol–water partition coefficient (Wildman–Crippen LogP) is 2.39. The molecule has 0 atom stereocenters. The van der Waals surface area contributed by atoms with Crippen LogP contribution in [0.5, 0.6) is 0 Å². The SMILES string of the molecule is CCC(C)(C)COCC(C)(C)CN1C(=O)C=CC1=O. The Morgan fingerprint density at radius 1 is 1.00 bits per heavy atom. The van der Waals surface area contributed by atoms with Gasteiger partial charge in [-0.2, -0.15) is 0 Å². The summed E-state index contributed by atoms with van der Waals surface area (Å²) in [4.78, 5) is 24.3. The first-order valence-corrected chi connectivity index (χ1v) is 6.78. The monoisotopic (exact) mass is 267 g/mol. The molecule has 0 bridgehead atoms. The molecular formula is C15H25NO3. The van der Waals surface area contributed by atoms with Crippen molar-refractivity contribution in [1.82, 2.24) is 4.90 Å². The number of rotatable bonds is 7. The molecule has 1 aliphatic rings. The maximum atomic E-state index is 11.5. The molecule has 1 heterocycles. The van der Waals surface area contributed by atoms with Crippen LogP contribution in [0.15, 0.2) is 12.2 Å². The van der Waals surface area contributed by atoms with Gasteiger partial charge in [0.2, 0.25) is 0 Å². The standard InChI is InChI=1S/C15H25NO3/c1-6-14(2,3)10-19-11-15(4,5)9-16-12(17)7-8-13(16)18/h7-8H,6,9-11H2,1-5H3. The first-order chi connectivity index (χ1) is 8.67. The van der Waals surface area contributed by atoms with E-state index in [-0.39, 0.29) is 22.6 Å². The number of hydrogen-bond donors (Lipinski definition) is 0. The van der Waals surface area contributed by atoms with Crippen molar-refractivity contribution in [3.05, 3.63) is 12.2 Å². The maximum absolute atomic E-state index is 11.5. The molecule has 0 radical (unpaired) electrons. The van der Waals surface area contributed by atoms with E-state index in [1.807, 2.05) is 13.8 Å². The van der Waals surface area contributed by atoms with E-state index in [0.717, 1.165) is 6.42 Å². The Labute approximate surface area is 115 Å². The minimum atomic E-state index is -0.235. The van der Waals surface area contributed by atoms with E-state index < -0.39 is 0 Å². The second kappa shape index (κ2) is 5.87. The van der Waals surface area contributed by atoms with Gasteiger partial charge in [-0.3, -0.25) is 14.5 Å². The van der Waals surface area contributed by atoms with Crippen molar-refractivity contribution in [3.8, 4) is 0 Å². The molecule has 0 aromatic rings. The lowest BCUT2D eigenvalue weighted by Crippen LogP contribution is -2.41. The molecule has 108 valence electrons. The summed E-state index contributed by atoms with van der Waals surface area (Å²) in [6.45, 7) is 12.1. The average molecular weight is 267 g/mol. The van der Waals surface area contributed by atoms with E-state index in [9.17, 15) is 9.59 Å². The van der Waals surface area contributed by atoms with Crippen molar-refractivity contribution in [2.45, 2.75) is 41.0 Å². The van der Waals surface area contributed by atoms with E-state index in [0.29, 0.717) is 19.8 Å². The molecule has 19 heavy (non-hydrogen) atoms. The van der Waals surface area contributed by atoms with Crippen molar-refractivity contribution in [1.29, 1.82) is 0 Å². The molecule has 4 heteroatoms. The van der Waals surface area contributed by atoms with Gasteiger partial charge in [0.05, 0.1) is 13.2 Å². The molecule has 1 aliphatic heterocycles. The zero-order valence-corrected chi connectivity index (χ0v) is 12.7. The molecule has 4 nitrogen and oxygen atoms in total. The van der Waals surface area contributed by atoms with Crippen molar-refractivity contribution < 1.29 is 14.3 Å². The molecule has 0 aromatic heterocycles. The van der Waals surface area contributed by atoms with E-state index in [2.05, 4.69) is 20.8 Å². The van der Waals surface area contributed by atoms with E-state index >= 15 is 0 Å². The number of nitrogens with zero attached hydrogens (tertiary/aromatic N) is 1. The van der Waals surface area contributed by atoms with Gasteiger partial charge in [0.1, 0.15) is 0 Å². The van der Waals surface area contributed by atoms with Crippen molar-refractivity contribution in [3.63, 3.8) is 0 Å². The highest BCUT2D eigenvalue weighted by atomic mass is 16.5. The van der Waals surface area contributed by atoms with Gasteiger partial charge in [0.15, 0.2) is 0 Å². The van der Waals surface area contributed by atoms with Crippen molar-refractivity contribution >= 4 is 11.8 Å². The molecule has 0 aliphatic carbocycles. The minimum absolute atomic E-state index is 0.164. The first kappa shape index (κ1) is 15.9. The van der Waals surface area contributed by atoms with E-state index in [4.69, 9.17) is 4.74 Å². The lowest BCUT2D eigenvalue weighted by Gasteiger charge is -2.31. The smallest absolute Gasteiger partial charge is 0.253 e. The van der Waals surface area contributed by atoms with E-state index in [1.54, 1.807) is 0 Å². The Balaban J connectivity index is 2.44. The Kier molecular flexibility index (Phi) is 4.91. The summed E-state index contributed by atoms with van der Waals surface area (Å²) < 4.78 is 5.77. The van der Waals surface area contributed by atoms with Crippen LogP contribution in [-0.2, 0) is 14.3 Å². The molecule has 0 fully saturated rings. The summed E-state index contributed by atoms with van der Waals surface area (Å²) in [6, 6.07) is 0. The lowest BCUT2D eigenvalue weighted by atomic mass is 9.91. The number of hydrogen-bond acceptors (Lipinski definition) is 3. The van der Waals surface area contributed by atoms with Crippen LogP contribution >= 0.6 is 0 Å². The summed E-state index contributed by atoms with van der Waals surface area (Å²) in [5.74, 6) is -0.459. The Morgan fingerprint density at radius 2 is 1.47 bits per heavy atom. The second-order valence-electron chi connectivity index (χ2n) is 6.77. The van der Waals surface area contributed by atoms with Crippen LogP contribution in [0.1, 0.15) is 41.0 Å². The Hall–Kier alpha value is -1.16. The summed E-state index contributed by atoms with van der Waals surface area (Å²) in [5.41, 5.74) is -0.0713. The van der Waals surface area contributed by atoms with Gasteiger partial charge in [-0.15, -0.1) is 0 Å². The fraction of sp³-hybridized carbons (Fsp3) is 0.733. The quantitative estimate of drug-likeness (QED) is 0.665. The Morgan fingerprint density at radius 3 is 1.95 bits per heavy atom. The lowest BCUT2D eigenvalue weighted by molar-refractivity contribution is -0.139. The number of carbonyl (C=O) groups excluding carboxylic acids is 2. The van der Waals surface area contributed by atoms with Gasteiger partial charge >= 0.3 is 0 Å². The van der Waals surface area contributed by atoms with Crippen molar-refractivity contribution in [2.24, 2.45) is 10.8 Å². The summed E-state index contributed by atoms with van der Waals surface area (Å²) in [5, 5.41) is 0. The van der Waals surface area contributed by atoms with Crippen LogP contribution in [0.2, 0.25) is 0 Å². The first-order valence-electron chi connectivity index (χ1n) is 6.78. The molecule has 0 saturated heterocycles. The third kappa shape index (κ3) is 4.78. The molecular weight excluding hydrogens is 242 g/mol. The predicted molar refractivity (Wildman–Crippen MR) is 74.5 cm³/mol. The minimum Gasteiger partial charge on any atom is -0.380 e. The van der Waals surface area contributed by atoms with Gasteiger partial charge in [-0.05, 0) is 11.8 Å². The van der Waals surface area contributed by atoms with Crippen molar-refractivity contribution in [2.75, 3.05) is 19.8 Å². The third-order valence-corrected chi connectivity index (χ3v) is 3.43. The van der Waals surface area contributed by atoms with Gasteiger partial charge in [0, 0.05) is 24.1 Å². The van der Waals surface area contributed by atoms with Crippen LogP contribution < -0.4 is 0 Å². The number of imide groups is 1. The molecule has 0 unspecified atom stereocenters. The number of amides is 2. The van der Waals surface area contributed by atoms with Crippen LogP contribution in [0.3, 0.4) is 0 Å². The Bertz CT molecular complexity index is 365. The molecule has 0 N–H and O–H groups in total. The highest BCUT2D eigenvalue weighted by molar-refractivity contribution is 6.12. The summed E-state index contributed by atoms with van der Waals surface area (Å²) in [6.07, 6.45) is 3.69. The highest BCUT2D eigenvalue weighted by Gasteiger charge is 2.31. The maximum Gasteiger partial charge on any atom is 0.253 e. The topological polar surface area (TPSA) is 46.6 Å². The molecule has 0 spiro atoms. The van der Waals surface area contributed by atoms with Gasteiger partial charge in [0.25, 0.3) is 11.8 Å². The number of carbonyl (C=O) groups is 2. The van der Waals surface area contributed by atoms with Crippen LogP contribution in [0.4, 0.5) is 0 Å². The van der Waals surface area contributed by atoms with E-state index in [1.165, 1.54) is 17.1 Å². The van der Waals surface area contributed by atoms with Crippen LogP contribution in [-0.4, -0.2) is 36.5 Å². The molecule has 1 rings (SSSR count). The summed E-state index contributed by atoms with van der Waals surface area (Å²) in [7, 11) is 0. The highest BCUT2D eigenvalue weighted by Crippen LogP contribution is 2.24.